The third kappa shape index (κ3) is 1.54. The quantitative estimate of drug-likeness (QED) is 0.240. The van der Waals surface area contributed by atoms with E-state index in [0.717, 1.165) is 0 Å². The fourth-order valence-electron chi connectivity index (χ4n) is 3.34. The van der Waals surface area contributed by atoms with Gasteiger partial charge in [-0.15, -0.1) is 0 Å². The number of aliphatic hydroxyl groups is 6. The fourth-order valence-corrected chi connectivity index (χ4v) is 3.34. The molecule has 0 amide bonds. The summed E-state index contributed by atoms with van der Waals surface area (Å²) < 4.78 is 0. The first-order valence-corrected chi connectivity index (χ1v) is 7.25. The Morgan fingerprint density at radius 2 is 0.792 bits per heavy atom. The first kappa shape index (κ1) is 15.6. The van der Waals surface area contributed by atoms with Gasteiger partial charge in [0.05, 0.1) is 0 Å². The summed E-state index contributed by atoms with van der Waals surface area (Å²) in [5.41, 5.74) is 0.298. The topological polar surface area (TPSA) is 145 Å². The molecule has 0 fully saturated rings. The Balaban J connectivity index is 1.65. The van der Waals surface area contributed by atoms with Crippen LogP contribution in [0.25, 0.3) is 0 Å². The third-order valence-electron chi connectivity index (χ3n) is 4.82. The molecule has 8 heteroatoms. The summed E-state index contributed by atoms with van der Waals surface area (Å²) in [4.78, 5) is 0. The molecule has 4 rings (SSSR count). The molecule has 2 aromatic rings. The number of fused-ring (bicyclic) bond motifs is 2. The number of hydrazine groups is 1. The van der Waals surface area contributed by atoms with Gasteiger partial charge in [0, 0.05) is 22.3 Å². The number of hydrogen-bond donors (Lipinski definition) is 8. The van der Waals surface area contributed by atoms with Crippen LogP contribution >= 0.6 is 0 Å². The average molecular weight is 332 g/mol. The van der Waals surface area contributed by atoms with Crippen LogP contribution in [0.4, 0.5) is 0 Å². The van der Waals surface area contributed by atoms with Crippen LogP contribution in [0.5, 0.6) is 0 Å². The minimum atomic E-state index is -2.62. The molecule has 8 nitrogen and oxygen atoms in total. The maximum Gasteiger partial charge on any atom is 0.240 e. The van der Waals surface area contributed by atoms with Gasteiger partial charge in [-0.1, -0.05) is 48.5 Å². The van der Waals surface area contributed by atoms with Crippen molar-refractivity contribution in [2.75, 3.05) is 0 Å². The average Bonchev–Trinajstić information content (AvgIpc) is 2.59. The molecule has 2 atom stereocenters. The highest BCUT2D eigenvalue weighted by Crippen LogP contribution is 2.52. The molecular formula is C16H16N2O6. The van der Waals surface area contributed by atoms with E-state index in [1.165, 1.54) is 24.3 Å². The Labute approximate surface area is 136 Å². The zero-order valence-corrected chi connectivity index (χ0v) is 12.3. The smallest absolute Gasteiger partial charge is 0.240 e. The second-order valence-electron chi connectivity index (χ2n) is 6.11. The van der Waals surface area contributed by atoms with E-state index in [4.69, 9.17) is 0 Å². The van der Waals surface area contributed by atoms with E-state index in [1.807, 2.05) is 0 Å². The molecule has 2 aliphatic rings. The molecule has 0 aliphatic heterocycles. The minimum Gasteiger partial charge on any atom is -0.366 e. The van der Waals surface area contributed by atoms with E-state index in [2.05, 4.69) is 10.9 Å². The van der Waals surface area contributed by atoms with Gasteiger partial charge in [-0.2, -0.15) is 0 Å². The number of hydrogen-bond acceptors (Lipinski definition) is 8. The Kier molecular flexibility index (Phi) is 2.86. The van der Waals surface area contributed by atoms with Gasteiger partial charge in [-0.3, -0.25) is 0 Å². The second-order valence-corrected chi connectivity index (χ2v) is 6.11. The molecule has 126 valence electrons. The molecule has 0 saturated carbocycles. The number of benzene rings is 2. The lowest BCUT2D eigenvalue weighted by molar-refractivity contribution is -0.363. The van der Waals surface area contributed by atoms with Crippen molar-refractivity contribution >= 4 is 0 Å². The fraction of sp³-hybridized carbons (Fsp3) is 0.250. The maximum absolute atomic E-state index is 10.5. The number of rotatable bonds is 3. The highest BCUT2D eigenvalue weighted by molar-refractivity contribution is 5.49. The van der Waals surface area contributed by atoms with Crippen LogP contribution in [0.1, 0.15) is 22.3 Å². The largest absolute Gasteiger partial charge is 0.366 e. The van der Waals surface area contributed by atoms with Crippen LogP contribution in [0.2, 0.25) is 0 Å². The normalized spacial score (nSPS) is 31.4. The molecule has 0 saturated heterocycles. The van der Waals surface area contributed by atoms with Crippen LogP contribution < -0.4 is 10.9 Å². The highest BCUT2D eigenvalue weighted by Gasteiger charge is 2.66. The summed E-state index contributed by atoms with van der Waals surface area (Å²) in [6.45, 7) is 0. The minimum absolute atomic E-state index is 0.0991. The SMILES string of the molecule is OC1(O)c2ccccc2[C@]1(O)NN[C@]1(O)c2ccccc2C1(O)O. The monoisotopic (exact) mass is 332 g/mol. The van der Waals surface area contributed by atoms with Crippen molar-refractivity contribution in [2.45, 2.75) is 23.0 Å². The predicted molar refractivity (Wildman–Crippen MR) is 79.2 cm³/mol. The molecule has 2 aliphatic carbocycles. The molecule has 0 aromatic heterocycles. The lowest BCUT2D eigenvalue weighted by Gasteiger charge is -2.54. The standard InChI is InChI=1S/C16H16N2O6/c19-13(9-5-1-3-7-11(9)15(13,21)22)17-18-14(20)10-6-2-4-8-12(10)16(14,23)24/h1-8,17-24H/t13-,14+. The van der Waals surface area contributed by atoms with Crippen LogP contribution in [0.3, 0.4) is 0 Å². The molecule has 0 spiro atoms. The van der Waals surface area contributed by atoms with Gasteiger partial charge >= 0.3 is 0 Å². The lowest BCUT2D eigenvalue weighted by atomic mass is 9.72. The van der Waals surface area contributed by atoms with Gasteiger partial charge in [0.1, 0.15) is 0 Å². The Hall–Kier alpha value is -1.88. The summed E-state index contributed by atoms with van der Waals surface area (Å²) in [5.74, 6) is -5.24. The zero-order chi connectivity index (χ0) is 17.4. The Morgan fingerprint density at radius 3 is 1.12 bits per heavy atom. The van der Waals surface area contributed by atoms with E-state index in [-0.39, 0.29) is 22.3 Å². The third-order valence-corrected chi connectivity index (χ3v) is 4.82. The molecule has 0 bridgehead atoms. The van der Waals surface area contributed by atoms with Gasteiger partial charge in [0.25, 0.3) is 0 Å². The van der Waals surface area contributed by atoms with Gasteiger partial charge < -0.3 is 30.6 Å². The number of nitrogens with one attached hydrogen (secondary N) is 2. The van der Waals surface area contributed by atoms with E-state index < -0.39 is 23.0 Å². The Bertz CT molecular complexity index is 769. The van der Waals surface area contributed by atoms with Crippen molar-refractivity contribution < 1.29 is 30.6 Å². The summed E-state index contributed by atoms with van der Waals surface area (Å²) in [5, 5.41) is 61.5. The predicted octanol–water partition coefficient (Wildman–Crippen LogP) is -1.93. The van der Waals surface area contributed by atoms with Crippen molar-refractivity contribution in [2.24, 2.45) is 0 Å². The van der Waals surface area contributed by atoms with Crippen LogP contribution in [-0.4, -0.2) is 30.6 Å². The lowest BCUT2D eigenvalue weighted by Crippen LogP contribution is -2.76. The van der Waals surface area contributed by atoms with Gasteiger partial charge in [-0.25, -0.2) is 10.9 Å². The molecule has 0 radical (unpaired) electrons. The highest BCUT2D eigenvalue weighted by atomic mass is 16.6. The van der Waals surface area contributed by atoms with E-state index >= 15 is 0 Å². The van der Waals surface area contributed by atoms with E-state index in [1.54, 1.807) is 24.3 Å². The van der Waals surface area contributed by atoms with Crippen LogP contribution in [0, 0.1) is 0 Å². The second kappa shape index (κ2) is 4.39. The first-order valence-electron chi connectivity index (χ1n) is 7.25. The van der Waals surface area contributed by atoms with Crippen molar-refractivity contribution in [3.63, 3.8) is 0 Å². The molecule has 2 aromatic carbocycles. The Morgan fingerprint density at radius 1 is 0.500 bits per heavy atom. The van der Waals surface area contributed by atoms with E-state index in [9.17, 15) is 30.6 Å². The van der Waals surface area contributed by atoms with Crippen LogP contribution in [-0.2, 0) is 23.0 Å². The summed E-state index contributed by atoms with van der Waals surface area (Å²) in [6, 6.07) is 12.1. The van der Waals surface area contributed by atoms with Gasteiger partial charge in [-0.05, 0) is 0 Å². The molecule has 8 N–H and O–H groups in total. The van der Waals surface area contributed by atoms with Crippen molar-refractivity contribution in [1.29, 1.82) is 0 Å². The van der Waals surface area contributed by atoms with E-state index in [0.29, 0.717) is 0 Å². The van der Waals surface area contributed by atoms with Gasteiger partial charge in [0.15, 0.2) is 0 Å². The molecule has 24 heavy (non-hydrogen) atoms. The molecule has 0 unspecified atom stereocenters. The van der Waals surface area contributed by atoms with Crippen molar-refractivity contribution in [3.8, 4) is 0 Å². The first-order chi connectivity index (χ1) is 11.2. The molecular weight excluding hydrogens is 316 g/mol. The van der Waals surface area contributed by atoms with Gasteiger partial charge in [0.2, 0.25) is 23.0 Å². The van der Waals surface area contributed by atoms with Crippen LogP contribution in [0.15, 0.2) is 48.5 Å². The molecule has 0 heterocycles. The summed E-state index contributed by atoms with van der Waals surface area (Å²) >= 11 is 0. The summed E-state index contributed by atoms with van der Waals surface area (Å²) in [6.07, 6.45) is 0. The van der Waals surface area contributed by atoms with Crippen molar-refractivity contribution in [1.82, 2.24) is 10.9 Å². The van der Waals surface area contributed by atoms with Crippen molar-refractivity contribution in [3.05, 3.63) is 70.8 Å². The zero-order valence-electron chi connectivity index (χ0n) is 12.3. The summed E-state index contributed by atoms with van der Waals surface area (Å²) in [7, 11) is 0. The maximum atomic E-state index is 10.5.